The molecule has 2 aliphatic heterocycles. The van der Waals surface area contributed by atoms with Gasteiger partial charge in [0.15, 0.2) is 0 Å². The van der Waals surface area contributed by atoms with Crippen LogP contribution in [-0.2, 0) is 23.8 Å². The number of hydrogen-bond donors (Lipinski definition) is 0. The van der Waals surface area contributed by atoms with Gasteiger partial charge in [-0.1, -0.05) is 27.2 Å². The van der Waals surface area contributed by atoms with Gasteiger partial charge in [0.1, 0.15) is 5.60 Å². The van der Waals surface area contributed by atoms with Gasteiger partial charge in [-0.3, -0.25) is 0 Å². The van der Waals surface area contributed by atoms with Crippen LogP contribution in [0.25, 0.3) is 0 Å². The Morgan fingerprint density at radius 1 is 1.11 bits per heavy atom. The summed E-state index contributed by atoms with van der Waals surface area (Å²) in [6, 6.07) is 0. The Kier molecular flexibility index (Phi) is 4.03. The van der Waals surface area contributed by atoms with E-state index in [-0.39, 0.29) is 28.7 Å². The lowest BCUT2D eigenvalue weighted by atomic mass is 9.45. The van der Waals surface area contributed by atoms with Crippen molar-refractivity contribution in [3.05, 3.63) is 23.5 Å². The van der Waals surface area contributed by atoms with Gasteiger partial charge in [0.25, 0.3) is 6.29 Å². The summed E-state index contributed by atoms with van der Waals surface area (Å²) in [6.07, 6.45) is 7.81. The van der Waals surface area contributed by atoms with Crippen LogP contribution in [-0.4, -0.2) is 23.8 Å². The number of esters is 2. The molecular weight excluding hydrogens is 344 g/mol. The Labute approximate surface area is 161 Å². The van der Waals surface area contributed by atoms with Gasteiger partial charge in [0, 0.05) is 17.6 Å². The van der Waals surface area contributed by atoms with Crippen molar-refractivity contribution >= 4 is 11.9 Å². The number of cyclic esters (lactones) is 1. The summed E-state index contributed by atoms with van der Waals surface area (Å²) in [5.41, 5.74) is 0.886. The van der Waals surface area contributed by atoms with E-state index >= 15 is 0 Å². The van der Waals surface area contributed by atoms with E-state index in [0.29, 0.717) is 17.1 Å². The van der Waals surface area contributed by atoms with Crippen LogP contribution in [0.5, 0.6) is 0 Å². The number of hydrogen-bond acceptors (Lipinski definition) is 5. The lowest BCUT2D eigenvalue weighted by Gasteiger charge is -2.59. The molecule has 5 heteroatoms. The van der Waals surface area contributed by atoms with Crippen LogP contribution >= 0.6 is 0 Å². The number of carbonyl (C=O) groups is 2. The maximum absolute atomic E-state index is 12.8. The predicted molar refractivity (Wildman–Crippen MR) is 99.3 cm³/mol. The highest BCUT2D eigenvalue weighted by atomic mass is 16.7. The molecule has 3 fully saturated rings. The molecule has 1 saturated heterocycles. The molecule has 0 amide bonds. The Balaban J connectivity index is 1.67. The quantitative estimate of drug-likeness (QED) is 0.410. The molecule has 4 rings (SSSR count). The van der Waals surface area contributed by atoms with E-state index in [2.05, 4.69) is 27.7 Å². The van der Waals surface area contributed by atoms with Gasteiger partial charge in [0.2, 0.25) is 0 Å². The number of carbonyl (C=O) groups excluding carboxylic acids is 2. The van der Waals surface area contributed by atoms with Crippen molar-refractivity contribution in [2.24, 2.45) is 22.7 Å². The highest BCUT2D eigenvalue weighted by molar-refractivity contribution is 5.92. The molecule has 2 aliphatic carbocycles. The van der Waals surface area contributed by atoms with Gasteiger partial charge in [-0.05, 0) is 56.3 Å². The third-order valence-electron chi connectivity index (χ3n) is 7.61. The highest BCUT2D eigenvalue weighted by Gasteiger charge is 2.65. The fourth-order valence-corrected chi connectivity index (χ4v) is 6.52. The molecule has 0 spiro atoms. The van der Waals surface area contributed by atoms with Gasteiger partial charge in [-0.2, -0.15) is 0 Å². The minimum Gasteiger partial charge on any atom is -0.458 e. The maximum Gasteiger partial charge on any atom is 0.338 e. The molecule has 0 bridgehead atoms. The zero-order valence-corrected chi connectivity index (χ0v) is 17.0. The average molecular weight is 374 g/mol. The standard InChI is InChI=1S/C22H30O5/c1-13-11-16(26-18(13)23)25-12-14-17-21(4)9-6-8-20(2,3)15(21)7-10-22(17,5)27-19(14)24/h11-12,15-17H,6-10H2,1-5H3. The molecule has 0 aromatic heterocycles. The fraction of sp³-hybridized carbons (Fsp3) is 0.727. The summed E-state index contributed by atoms with van der Waals surface area (Å²) in [6.45, 7) is 10.8. The monoisotopic (exact) mass is 374 g/mol. The third-order valence-corrected chi connectivity index (χ3v) is 7.61. The van der Waals surface area contributed by atoms with Crippen LogP contribution in [0.4, 0.5) is 0 Å². The summed E-state index contributed by atoms with van der Waals surface area (Å²) >= 11 is 0. The smallest absolute Gasteiger partial charge is 0.338 e. The number of rotatable bonds is 2. The Bertz CT molecular complexity index is 748. The molecule has 4 aliphatic rings. The van der Waals surface area contributed by atoms with Crippen molar-refractivity contribution in [1.29, 1.82) is 0 Å². The van der Waals surface area contributed by atoms with Crippen molar-refractivity contribution in [3.63, 3.8) is 0 Å². The molecule has 0 N–H and O–H groups in total. The Morgan fingerprint density at radius 3 is 2.52 bits per heavy atom. The summed E-state index contributed by atoms with van der Waals surface area (Å²) in [5, 5.41) is 0. The molecule has 2 saturated carbocycles. The van der Waals surface area contributed by atoms with Crippen molar-refractivity contribution in [3.8, 4) is 0 Å². The zero-order chi connectivity index (χ0) is 19.6. The molecule has 27 heavy (non-hydrogen) atoms. The first-order valence-corrected chi connectivity index (χ1v) is 10.1. The van der Waals surface area contributed by atoms with Gasteiger partial charge in [-0.15, -0.1) is 0 Å². The van der Waals surface area contributed by atoms with Crippen molar-refractivity contribution < 1.29 is 23.8 Å². The second-order valence-corrected chi connectivity index (χ2v) is 9.91. The maximum atomic E-state index is 12.8. The Hall–Kier alpha value is -1.78. The SMILES string of the molecule is CC1=CC(OC=C2C(=O)OC3(C)CCC4C(C)(C)CCCC4(C)C23)OC1=O. The normalized spacial score (nSPS) is 44.3. The van der Waals surface area contributed by atoms with E-state index in [1.807, 2.05) is 0 Å². The molecular formula is C22H30O5. The fourth-order valence-electron chi connectivity index (χ4n) is 6.52. The van der Waals surface area contributed by atoms with Crippen LogP contribution in [0.1, 0.15) is 66.7 Å². The Morgan fingerprint density at radius 2 is 1.85 bits per heavy atom. The second-order valence-electron chi connectivity index (χ2n) is 9.91. The van der Waals surface area contributed by atoms with E-state index < -0.39 is 11.9 Å². The molecule has 148 valence electrons. The van der Waals surface area contributed by atoms with Gasteiger partial charge in [0.05, 0.1) is 11.8 Å². The first-order valence-electron chi connectivity index (χ1n) is 10.1. The molecule has 5 atom stereocenters. The first-order chi connectivity index (χ1) is 12.6. The molecule has 2 heterocycles. The molecule has 5 unspecified atom stereocenters. The van der Waals surface area contributed by atoms with Crippen LogP contribution < -0.4 is 0 Å². The summed E-state index contributed by atoms with van der Waals surface area (Å²) in [5.74, 6) is -0.132. The number of fused-ring (bicyclic) bond motifs is 3. The van der Waals surface area contributed by atoms with Gasteiger partial charge in [-0.25, -0.2) is 9.59 Å². The predicted octanol–water partition coefficient (Wildman–Crippen LogP) is 4.27. The van der Waals surface area contributed by atoms with E-state index in [1.54, 1.807) is 13.0 Å². The molecule has 0 aromatic rings. The van der Waals surface area contributed by atoms with Gasteiger partial charge < -0.3 is 14.2 Å². The van der Waals surface area contributed by atoms with Gasteiger partial charge >= 0.3 is 11.9 Å². The van der Waals surface area contributed by atoms with E-state index in [1.165, 1.54) is 12.7 Å². The third kappa shape index (κ3) is 2.73. The first kappa shape index (κ1) is 18.6. The topological polar surface area (TPSA) is 61.8 Å². The lowest BCUT2D eigenvalue weighted by molar-refractivity contribution is -0.164. The largest absolute Gasteiger partial charge is 0.458 e. The summed E-state index contributed by atoms with van der Waals surface area (Å²) in [7, 11) is 0. The van der Waals surface area contributed by atoms with E-state index in [9.17, 15) is 9.59 Å². The lowest BCUT2D eigenvalue weighted by Crippen LogP contribution is -2.56. The van der Waals surface area contributed by atoms with Crippen LogP contribution in [0.3, 0.4) is 0 Å². The highest BCUT2D eigenvalue weighted by Crippen LogP contribution is 2.66. The number of ether oxygens (including phenoxy) is 3. The second kappa shape index (κ2) is 5.86. The van der Waals surface area contributed by atoms with Crippen LogP contribution in [0.2, 0.25) is 0 Å². The minimum absolute atomic E-state index is 0.00185. The van der Waals surface area contributed by atoms with E-state index in [0.717, 1.165) is 25.7 Å². The molecule has 0 aromatic carbocycles. The van der Waals surface area contributed by atoms with E-state index in [4.69, 9.17) is 14.2 Å². The van der Waals surface area contributed by atoms with Crippen molar-refractivity contribution in [1.82, 2.24) is 0 Å². The average Bonchev–Trinajstić information content (AvgIpc) is 3.00. The van der Waals surface area contributed by atoms with Crippen LogP contribution in [0.15, 0.2) is 23.5 Å². The zero-order valence-electron chi connectivity index (χ0n) is 17.0. The molecule has 5 nitrogen and oxygen atoms in total. The van der Waals surface area contributed by atoms with Crippen molar-refractivity contribution in [2.45, 2.75) is 78.6 Å². The van der Waals surface area contributed by atoms with Crippen molar-refractivity contribution in [2.75, 3.05) is 0 Å². The minimum atomic E-state index is -0.764. The molecule has 0 radical (unpaired) electrons. The summed E-state index contributed by atoms with van der Waals surface area (Å²) in [4.78, 5) is 24.3. The van der Waals surface area contributed by atoms with Crippen LogP contribution in [0, 0.1) is 22.7 Å². The summed E-state index contributed by atoms with van der Waals surface area (Å²) < 4.78 is 16.7.